The molecule has 0 bridgehead atoms. The zero-order valence-electron chi connectivity index (χ0n) is 24.0. The molecule has 0 radical (unpaired) electrons. The highest BCUT2D eigenvalue weighted by Crippen LogP contribution is 2.35. The highest BCUT2D eigenvalue weighted by Gasteiger charge is 2.45. The number of nitrogens with zero attached hydrogens (tertiary/aromatic N) is 5. The second kappa shape index (κ2) is 9.82. The number of rotatable bonds is 4. The number of anilines is 1. The number of hydrogen-bond acceptors (Lipinski definition) is 6. The number of hydrogen-bond donors (Lipinski definition) is 1. The third-order valence-electron chi connectivity index (χ3n) is 7.50. The predicted molar refractivity (Wildman–Crippen MR) is 157 cm³/mol. The Kier molecular flexibility index (Phi) is 6.39. The van der Waals surface area contributed by atoms with Crippen molar-refractivity contribution in [2.45, 2.75) is 58.5 Å². The van der Waals surface area contributed by atoms with E-state index in [1.807, 2.05) is 71.3 Å². The number of imidazole rings is 1. The van der Waals surface area contributed by atoms with Crippen molar-refractivity contribution >= 4 is 11.8 Å². The summed E-state index contributed by atoms with van der Waals surface area (Å²) in [7, 11) is 0. The van der Waals surface area contributed by atoms with Gasteiger partial charge in [-0.25, -0.2) is 9.78 Å². The molecule has 210 valence electrons. The number of fused-ring (bicyclic) bond motifs is 5. The number of benzene rings is 2. The standard InChI is InChI=1S/C32H34N6O3/c1-31(2,3)41-30(39)38-26(20-40-32(38,4)5)17-35-25-10-11-27-24(14-25)19-36-18-23(22-8-6-21(16-33)7-9-22)15-28(36)29-34-12-13-37(27)29/h6-15,18,26,35H,17,19-20H2,1-5H3/t26-/m1/s1. The van der Waals surface area contributed by atoms with Crippen molar-refractivity contribution in [3.63, 3.8) is 0 Å². The van der Waals surface area contributed by atoms with Gasteiger partial charge in [0.1, 0.15) is 11.3 Å². The summed E-state index contributed by atoms with van der Waals surface area (Å²) < 4.78 is 16.0. The molecule has 4 heterocycles. The summed E-state index contributed by atoms with van der Waals surface area (Å²) >= 11 is 0. The average molecular weight is 551 g/mol. The summed E-state index contributed by atoms with van der Waals surface area (Å²) in [6.07, 6.45) is 5.57. The number of carbonyl (C=O) groups excluding carboxylic acids is 1. The number of nitriles is 1. The topological polar surface area (TPSA) is 97.3 Å². The third kappa shape index (κ3) is 5.07. The molecule has 0 saturated carbocycles. The first-order chi connectivity index (χ1) is 19.5. The van der Waals surface area contributed by atoms with Gasteiger partial charge in [0.25, 0.3) is 0 Å². The van der Waals surface area contributed by atoms with Gasteiger partial charge in [0.15, 0.2) is 5.82 Å². The van der Waals surface area contributed by atoms with E-state index in [1.54, 1.807) is 4.90 Å². The molecule has 1 amide bonds. The number of nitrogens with one attached hydrogen (secondary N) is 1. The van der Waals surface area contributed by atoms with Crippen LogP contribution in [-0.2, 0) is 16.0 Å². The lowest BCUT2D eigenvalue weighted by molar-refractivity contribution is -0.0620. The van der Waals surface area contributed by atoms with Crippen molar-refractivity contribution in [3.05, 3.63) is 78.2 Å². The second-order valence-electron chi connectivity index (χ2n) is 12.0. The molecule has 1 fully saturated rings. The third-order valence-corrected chi connectivity index (χ3v) is 7.50. The van der Waals surface area contributed by atoms with Crippen LogP contribution in [0.15, 0.2) is 67.1 Å². The summed E-state index contributed by atoms with van der Waals surface area (Å²) in [5.41, 5.74) is 5.62. The Hall–Kier alpha value is -4.55. The maximum Gasteiger partial charge on any atom is 0.412 e. The molecule has 41 heavy (non-hydrogen) atoms. The van der Waals surface area contributed by atoms with Crippen LogP contribution in [0.5, 0.6) is 0 Å². The van der Waals surface area contributed by atoms with E-state index < -0.39 is 11.3 Å². The molecule has 6 rings (SSSR count). The molecule has 9 nitrogen and oxygen atoms in total. The lowest BCUT2D eigenvalue weighted by atomic mass is 10.1. The molecule has 1 saturated heterocycles. The first-order valence-corrected chi connectivity index (χ1v) is 13.8. The van der Waals surface area contributed by atoms with Gasteiger partial charge in [0, 0.05) is 42.9 Å². The highest BCUT2D eigenvalue weighted by atomic mass is 16.6. The number of amides is 1. The number of ether oxygens (including phenoxy) is 2. The maximum absolute atomic E-state index is 13.0. The van der Waals surface area contributed by atoms with Crippen molar-refractivity contribution in [2.75, 3.05) is 18.5 Å². The first kappa shape index (κ1) is 26.7. The van der Waals surface area contributed by atoms with Crippen LogP contribution in [-0.4, -0.2) is 55.6 Å². The highest BCUT2D eigenvalue weighted by molar-refractivity contribution is 5.73. The normalized spacial score (nSPS) is 17.2. The van der Waals surface area contributed by atoms with E-state index in [0.29, 0.717) is 25.3 Å². The Balaban J connectivity index is 1.26. The minimum absolute atomic E-state index is 0.176. The Morgan fingerprint density at radius 3 is 2.68 bits per heavy atom. The van der Waals surface area contributed by atoms with E-state index in [-0.39, 0.29) is 12.1 Å². The molecule has 2 aromatic carbocycles. The SMILES string of the molecule is CC(C)(C)OC(=O)N1[C@H](CNc2ccc3c(c2)Cn2cc(-c4ccc(C#N)cc4)cc2-c2nccn2-3)COC1(C)C. The van der Waals surface area contributed by atoms with E-state index in [4.69, 9.17) is 14.7 Å². The summed E-state index contributed by atoms with van der Waals surface area (Å²) in [6.45, 7) is 11.0. The minimum Gasteiger partial charge on any atom is -0.444 e. The Morgan fingerprint density at radius 1 is 1.17 bits per heavy atom. The van der Waals surface area contributed by atoms with E-state index in [9.17, 15) is 4.79 Å². The molecular weight excluding hydrogens is 516 g/mol. The van der Waals surface area contributed by atoms with E-state index in [1.165, 1.54) is 0 Å². The Bertz CT molecular complexity index is 1650. The van der Waals surface area contributed by atoms with Crippen LogP contribution in [0.1, 0.15) is 45.7 Å². The van der Waals surface area contributed by atoms with Crippen molar-refractivity contribution < 1.29 is 14.3 Å². The molecule has 0 spiro atoms. The van der Waals surface area contributed by atoms with Crippen molar-refractivity contribution in [2.24, 2.45) is 0 Å². The molecular formula is C32H34N6O3. The van der Waals surface area contributed by atoms with Crippen LogP contribution in [0.25, 0.3) is 28.3 Å². The quantitative estimate of drug-likeness (QED) is 0.294. The van der Waals surface area contributed by atoms with Gasteiger partial charge >= 0.3 is 6.09 Å². The Morgan fingerprint density at radius 2 is 1.95 bits per heavy atom. The van der Waals surface area contributed by atoms with E-state index >= 15 is 0 Å². The van der Waals surface area contributed by atoms with Crippen LogP contribution in [0.2, 0.25) is 0 Å². The predicted octanol–water partition coefficient (Wildman–Crippen LogP) is 6.03. The lowest BCUT2D eigenvalue weighted by Gasteiger charge is -2.35. The molecule has 2 aliphatic rings. The second-order valence-corrected chi connectivity index (χ2v) is 12.0. The molecule has 2 aliphatic heterocycles. The summed E-state index contributed by atoms with van der Waals surface area (Å²) in [5, 5.41) is 12.7. The maximum atomic E-state index is 13.0. The van der Waals surface area contributed by atoms with Gasteiger partial charge in [-0.2, -0.15) is 5.26 Å². The van der Waals surface area contributed by atoms with Gasteiger partial charge in [-0.1, -0.05) is 12.1 Å². The molecule has 0 unspecified atom stereocenters. The fourth-order valence-corrected chi connectivity index (χ4v) is 5.60. The molecule has 9 heteroatoms. The number of aromatic nitrogens is 3. The molecule has 4 aromatic rings. The molecule has 0 aliphatic carbocycles. The summed E-state index contributed by atoms with van der Waals surface area (Å²) in [6, 6.07) is 18.1. The zero-order chi connectivity index (χ0) is 28.9. The Labute approximate surface area is 239 Å². The summed E-state index contributed by atoms with van der Waals surface area (Å²) in [5.74, 6) is 0.877. The molecule has 2 aromatic heterocycles. The van der Waals surface area contributed by atoms with Crippen molar-refractivity contribution in [3.8, 4) is 34.4 Å². The summed E-state index contributed by atoms with van der Waals surface area (Å²) in [4.78, 5) is 19.4. The smallest absolute Gasteiger partial charge is 0.412 e. The van der Waals surface area contributed by atoms with Crippen LogP contribution in [0.3, 0.4) is 0 Å². The van der Waals surface area contributed by atoms with Gasteiger partial charge in [-0.3, -0.25) is 9.47 Å². The van der Waals surface area contributed by atoms with Crippen LogP contribution in [0, 0.1) is 11.3 Å². The van der Waals surface area contributed by atoms with Gasteiger partial charge in [0.05, 0.1) is 35.7 Å². The molecule has 1 atom stereocenters. The minimum atomic E-state index is -0.752. The van der Waals surface area contributed by atoms with Crippen molar-refractivity contribution in [1.29, 1.82) is 5.26 Å². The largest absolute Gasteiger partial charge is 0.444 e. The van der Waals surface area contributed by atoms with Gasteiger partial charge in [-0.05, 0) is 82.1 Å². The van der Waals surface area contributed by atoms with Crippen LogP contribution < -0.4 is 5.32 Å². The first-order valence-electron chi connectivity index (χ1n) is 13.8. The van der Waals surface area contributed by atoms with E-state index in [2.05, 4.69) is 56.0 Å². The van der Waals surface area contributed by atoms with Crippen LogP contribution in [0.4, 0.5) is 10.5 Å². The fraction of sp³-hybridized carbons (Fsp3) is 0.344. The lowest BCUT2D eigenvalue weighted by Crippen LogP contribution is -2.51. The average Bonchev–Trinajstić information content (AvgIpc) is 3.62. The van der Waals surface area contributed by atoms with Gasteiger partial charge < -0.3 is 19.4 Å². The molecule has 1 N–H and O–H groups in total. The fourth-order valence-electron chi connectivity index (χ4n) is 5.60. The van der Waals surface area contributed by atoms with Gasteiger partial charge in [-0.15, -0.1) is 0 Å². The monoisotopic (exact) mass is 550 g/mol. The van der Waals surface area contributed by atoms with Gasteiger partial charge in [0.2, 0.25) is 0 Å². The van der Waals surface area contributed by atoms with E-state index in [0.717, 1.165) is 39.6 Å². The van der Waals surface area contributed by atoms with Crippen molar-refractivity contribution in [1.82, 2.24) is 19.0 Å². The van der Waals surface area contributed by atoms with Crippen LogP contribution >= 0.6 is 0 Å². The number of carbonyl (C=O) groups is 1. The zero-order valence-corrected chi connectivity index (χ0v) is 24.0.